The first kappa shape index (κ1) is 21.7. The highest BCUT2D eigenvalue weighted by atomic mass is 16.3. The van der Waals surface area contributed by atoms with Gasteiger partial charge in [0.1, 0.15) is 17.8 Å². The number of phenolic OH excluding ortho intramolecular Hbond substituents is 1. The minimum Gasteiger partial charge on any atom is -0.508 e. The lowest BCUT2D eigenvalue weighted by Crippen LogP contribution is -2.61. The van der Waals surface area contributed by atoms with Gasteiger partial charge in [-0.25, -0.2) is 0 Å². The molecule has 3 atom stereocenters. The molecule has 0 aromatic heterocycles. The standard InChI is InChI=1S/C27H25N3O4/c31-22-12-6-17(7-13-22)14-23-27(34)30-16-21(15-24(30)26(33)29-23)28-25(32)20-10-8-19(9-11-20)18-4-2-1-3-5-18/h1-13,21,23-24,31H,14-16H2,(H,28,32)(H,29,33)/t21-,23+,24-/m0/s1. The second kappa shape index (κ2) is 9.02. The summed E-state index contributed by atoms with van der Waals surface area (Å²) >= 11 is 0. The molecule has 2 saturated heterocycles. The van der Waals surface area contributed by atoms with Crippen molar-refractivity contribution in [1.82, 2.24) is 15.5 Å². The Balaban J connectivity index is 1.22. The molecule has 0 spiro atoms. The van der Waals surface area contributed by atoms with Crippen molar-refractivity contribution >= 4 is 17.7 Å². The minimum absolute atomic E-state index is 0.149. The van der Waals surface area contributed by atoms with Gasteiger partial charge < -0.3 is 20.6 Å². The highest BCUT2D eigenvalue weighted by Crippen LogP contribution is 2.25. The molecular weight excluding hydrogens is 430 g/mol. The summed E-state index contributed by atoms with van der Waals surface area (Å²) in [5.74, 6) is -0.428. The Morgan fingerprint density at radius 2 is 1.62 bits per heavy atom. The molecule has 3 aromatic carbocycles. The summed E-state index contributed by atoms with van der Waals surface area (Å²) in [5.41, 5.74) is 3.48. The molecule has 172 valence electrons. The number of fused-ring (bicyclic) bond motifs is 1. The fourth-order valence-corrected chi connectivity index (χ4v) is 4.68. The average molecular weight is 456 g/mol. The van der Waals surface area contributed by atoms with Gasteiger partial charge in [0.05, 0.1) is 0 Å². The first-order valence-electron chi connectivity index (χ1n) is 11.3. The Bertz CT molecular complexity index is 1210. The SMILES string of the molecule is O=C(N[C@H]1C[C@H]2C(=O)N[C@H](Cc3ccc(O)cc3)C(=O)N2C1)c1ccc(-c2ccccc2)cc1. The summed E-state index contributed by atoms with van der Waals surface area (Å²) in [5, 5.41) is 15.3. The van der Waals surface area contributed by atoms with Crippen LogP contribution in [0.3, 0.4) is 0 Å². The Morgan fingerprint density at radius 1 is 0.941 bits per heavy atom. The molecule has 0 radical (unpaired) electrons. The first-order valence-corrected chi connectivity index (χ1v) is 11.3. The number of hydrogen-bond donors (Lipinski definition) is 3. The highest BCUT2D eigenvalue weighted by Gasteiger charge is 2.46. The number of carbonyl (C=O) groups is 3. The molecule has 7 heteroatoms. The molecule has 3 N–H and O–H groups in total. The van der Waals surface area contributed by atoms with Gasteiger partial charge in [-0.3, -0.25) is 14.4 Å². The van der Waals surface area contributed by atoms with Crippen molar-refractivity contribution in [3.8, 4) is 16.9 Å². The minimum atomic E-state index is -0.659. The predicted molar refractivity (Wildman–Crippen MR) is 127 cm³/mol. The predicted octanol–water partition coefficient (Wildman–Crippen LogP) is 2.50. The Kier molecular flexibility index (Phi) is 5.76. The maximum atomic E-state index is 13.0. The molecule has 5 rings (SSSR count). The van der Waals surface area contributed by atoms with Crippen molar-refractivity contribution in [2.24, 2.45) is 0 Å². The van der Waals surface area contributed by atoms with Crippen molar-refractivity contribution in [1.29, 1.82) is 0 Å². The summed E-state index contributed by atoms with van der Waals surface area (Å²) in [6, 6.07) is 22.4. The van der Waals surface area contributed by atoms with Crippen LogP contribution in [-0.2, 0) is 16.0 Å². The van der Waals surface area contributed by atoms with Gasteiger partial charge in [-0.1, -0.05) is 54.6 Å². The molecule has 0 unspecified atom stereocenters. The first-order chi connectivity index (χ1) is 16.5. The van der Waals surface area contributed by atoms with E-state index in [4.69, 9.17) is 0 Å². The number of benzene rings is 3. The van der Waals surface area contributed by atoms with E-state index < -0.39 is 12.1 Å². The Morgan fingerprint density at radius 3 is 2.32 bits per heavy atom. The Hall–Kier alpha value is -4.13. The number of piperazine rings is 1. The van der Waals surface area contributed by atoms with Crippen molar-refractivity contribution < 1.29 is 19.5 Å². The third-order valence-corrected chi connectivity index (χ3v) is 6.47. The molecule has 2 fully saturated rings. The van der Waals surface area contributed by atoms with Crippen molar-refractivity contribution in [2.45, 2.75) is 31.0 Å². The van der Waals surface area contributed by atoms with Crippen LogP contribution in [0.5, 0.6) is 5.75 Å². The second-order valence-electron chi connectivity index (χ2n) is 8.79. The largest absolute Gasteiger partial charge is 0.508 e. The van der Waals surface area contributed by atoms with Crippen LogP contribution in [0.25, 0.3) is 11.1 Å². The molecule has 0 aliphatic carbocycles. The number of hydrogen-bond acceptors (Lipinski definition) is 4. The van der Waals surface area contributed by atoms with Crippen LogP contribution in [0.2, 0.25) is 0 Å². The molecule has 7 nitrogen and oxygen atoms in total. The number of rotatable bonds is 5. The fraction of sp³-hybridized carbons (Fsp3) is 0.222. The van der Waals surface area contributed by atoms with Crippen LogP contribution >= 0.6 is 0 Å². The van der Waals surface area contributed by atoms with E-state index in [-0.39, 0.29) is 29.5 Å². The van der Waals surface area contributed by atoms with E-state index in [0.717, 1.165) is 16.7 Å². The number of aromatic hydroxyl groups is 1. The van der Waals surface area contributed by atoms with Crippen LogP contribution in [0, 0.1) is 0 Å². The third kappa shape index (κ3) is 4.37. The van der Waals surface area contributed by atoms with Gasteiger partial charge in [0.25, 0.3) is 5.91 Å². The number of phenols is 1. The molecule has 2 aliphatic rings. The molecule has 2 aliphatic heterocycles. The van der Waals surface area contributed by atoms with Gasteiger partial charge >= 0.3 is 0 Å². The maximum Gasteiger partial charge on any atom is 0.251 e. The van der Waals surface area contributed by atoms with Gasteiger partial charge in [0, 0.05) is 24.6 Å². The zero-order chi connectivity index (χ0) is 23.7. The van der Waals surface area contributed by atoms with E-state index in [1.807, 2.05) is 42.5 Å². The van der Waals surface area contributed by atoms with Gasteiger partial charge in [-0.15, -0.1) is 0 Å². The van der Waals surface area contributed by atoms with Gasteiger partial charge in [-0.05, 0) is 47.4 Å². The average Bonchev–Trinajstić information content (AvgIpc) is 3.29. The zero-order valence-electron chi connectivity index (χ0n) is 18.5. The fourth-order valence-electron chi connectivity index (χ4n) is 4.68. The monoisotopic (exact) mass is 455 g/mol. The van der Waals surface area contributed by atoms with Crippen LogP contribution in [0.1, 0.15) is 22.3 Å². The van der Waals surface area contributed by atoms with E-state index in [1.165, 1.54) is 0 Å². The molecule has 3 amide bonds. The smallest absolute Gasteiger partial charge is 0.251 e. The lowest BCUT2D eigenvalue weighted by molar-refractivity contribution is -0.147. The van der Waals surface area contributed by atoms with E-state index in [9.17, 15) is 19.5 Å². The molecule has 0 saturated carbocycles. The van der Waals surface area contributed by atoms with Crippen LogP contribution in [-0.4, -0.2) is 52.4 Å². The van der Waals surface area contributed by atoms with E-state index >= 15 is 0 Å². The molecule has 3 aromatic rings. The van der Waals surface area contributed by atoms with Crippen LogP contribution < -0.4 is 10.6 Å². The maximum absolute atomic E-state index is 13.0. The lowest BCUT2D eigenvalue weighted by Gasteiger charge is -2.34. The second-order valence-corrected chi connectivity index (χ2v) is 8.79. The number of nitrogens with zero attached hydrogens (tertiary/aromatic N) is 1. The third-order valence-electron chi connectivity index (χ3n) is 6.47. The summed E-state index contributed by atoms with van der Waals surface area (Å²) in [4.78, 5) is 40.1. The van der Waals surface area contributed by atoms with E-state index in [2.05, 4.69) is 10.6 Å². The zero-order valence-corrected chi connectivity index (χ0v) is 18.5. The van der Waals surface area contributed by atoms with Crippen molar-refractivity contribution in [2.75, 3.05) is 6.54 Å². The summed E-state index contributed by atoms with van der Waals surface area (Å²) in [7, 11) is 0. The number of carbonyl (C=O) groups excluding carboxylic acids is 3. The number of nitrogens with one attached hydrogen (secondary N) is 2. The van der Waals surface area contributed by atoms with Crippen LogP contribution in [0.15, 0.2) is 78.9 Å². The molecule has 2 heterocycles. The van der Waals surface area contributed by atoms with E-state index in [0.29, 0.717) is 24.9 Å². The topological polar surface area (TPSA) is 98.7 Å². The van der Waals surface area contributed by atoms with Gasteiger partial charge in [0.2, 0.25) is 11.8 Å². The van der Waals surface area contributed by atoms with Crippen molar-refractivity contribution in [3.05, 3.63) is 90.0 Å². The van der Waals surface area contributed by atoms with E-state index in [1.54, 1.807) is 41.3 Å². The number of amides is 3. The Labute approximate surface area is 197 Å². The molecule has 0 bridgehead atoms. The quantitative estimate of drug-likeness (QED) is 0.551. The molecule has 34 heavy (non-hydrogen) atoms. The normalized spacial score (nSPS) is 21.6. The lowest BCUT2D eigenvalue weighted by atomic mass is 10.0. The van der Waals surface area contributed by atoms with Crippen molar-refractivity contribution in [3.63, 3.8) is 0 Å². The summed E-state index contributed by atoms with van der Waals surface area (Å²) < 4.78 is 0. The molecular formula is C27H25N3O4. The summed E-state index contributed by atoms with van der Waals surface area (Å²) in [6.45, 7) is 0.302. The highest BCUT2D eigenvalue weighted by molar-refractivity contribution is 5.98. The van der Waals surface area contributed by atoms with Gasteiger partial charge in [0.15, 0.2) is 0 Å². The van der Waals surface area contributed by atoms with Crippen LogP contribution in [0.4, 0.5) is 0 Å². The van der Waals surface area contributed by atoms with Gasteiger partial charge in [-0.2, -0.15) is 0 Å². The summed E-state index contributed by atoms with van der Waals surface area (Å²) in [6.07, 6.45) is 0.732.